The largest absolute Gasteiger partial charge is 0.384 e. The van der Waals surface area contributed by atoms with Gasteiger partial charge in [0.05, 0.1) is 5.52 Å². The highest BCUT2D eigenvalue weighted by molar-refractivity contribution is 5.93. The topological polar surface area (TPSA) is 28.2 Å². The Morgan fingerprint density at radius 1 is 0.893 bits per heavy atom. The fourth-order valence-electron chi connectivity index (χ4n) is 4.22. The minimum atomic E-state index is 0. The van der Waals surface area contributed by atoms with Crippen molar-refractivity contribution in [2.75, 3.05) is 32.5 Å². The van der Waals surface area contributed by atoms with Crippen LogP contribution in [0, 0.1) is 0 Å². The van der Waals surface area contributed by atoms with Gasteiger partial charge in [-0.3, -0.25) is 4.98 Å². The summed E-state index contributed by atoms with van der Waals surface area (Å²) in [7, 11) is 4.33. The van der Waals surface area contributed by atoms with Gasteiger partial charge in [0, 0.05) is 23.3 Å². The van der Waals surface area contributed by atoms with Gasteiger partial charge in [0.1, 0.15) is 0 Å². The van der Waals surface area contributed by atoms with Crippen molar-refractivity contribution in [1.29, 1.82) is 0 Å². The van der Waals surface area contributed by atoms with Gasteiger partial charge in [0.2, 0.25) is 0 Å². The second-order valence-electron chi connectivity index (χ2n) is 8.34. The lowest BCUT2D eigenvalue weighted by Crippen LogP contribution is -2.12. The van der Waals surface area contributed by atoms with E-state index in [1.165, 1.54) is 93.1 Å². The molecule has 1 aromatic heterocycles. The Kier molecular flexibility index (Phi) is 10.1. The number of nitrogens with zero attached hydrogens (tertiary/aromatic N) is 2. The average Bonchev–Trinajstić information content (AvgIpc) is 2.68. The lowest BCUT2D eigenvalue weighted by Gasteiger charge is -2.21. The number of anilines is 1. The second kappa shape index (κ2) is 12.3. The zero-order valence-electron chi connectivity index (χ0n) is 17.8. The van der Waals surface area contributed by atoms with Gasteiger partial charge in [-0.05, 0) is 70.8 Å². The number of unbranched alkanes of at least 4 members (excludes halogenated alkanes) is 6. The number of para-hydroxylation sites is 1. The molecule has 3 rings (SSSR count). The van der Waals surface area contributed by atoms with Crippen LogP contribution in [-0.2, 0) is 12.8 Å². The molecule has 0 spiro atoms. The number of halogens is 1. The molecule has 3 nitrogen and oxygen atoms in total. The second-order valence-corrected chi connectivity index (χ2v) is 8.34. The van der Waals surface area contributed by atoms with E-state index in [0.29, 0.717) is 0 Å². The number of fused-ring (bicyclic) bond motifs is 2. The van der Waals surface area contributed by atoms with Crippen molar-refractivity contribution >= 4 is 29.0 Å². The quantitative estimate of drug-likeness (QED) is 0.450. The molecule has 0 bridgehead atoms. The SMILES string of the molecule is CN(C)CCCCCCCCCNc1c2c(nc3ccccc13)CCCC2.Cl. The zero-order valence-corrected chi connectivity index (χ0v) is 18.6. The van der Waals surface area contributed by atoms with Gasteiger partial charge in [0.15, 0.2) is 0 Å². The van der Waals surface area contributed by atoms with Crippen molar-refractivity contribution in [2.24, 2.45) is 0 Å². The fraction of sp³-hybridized carbons (Fsp3) is 0.625. The third-order valence-corrected chi connectivity index (χ3v) is 5.75. The number of nitrogens with one attached hydrogen (secondary N) is 1. The smallest absolute Gasteiger partial charge is 0.0726 e. The van der Waals surface area contributed by atoms with Crippen molar-refractivity contribution < 1.29 is 0 Å². The first-order valence-corrected chi connectivity index (χ1v) is 11.0. The van der Waals surface area contributed by atoms with Crippen molar-refractivity contribution in [3.63, 3.8) is 0 Å². The van der Waals surface area contributed by atoms with Gasteiger partial charge in [0.25, 0.3) is 0 Å². The first-order valence-electron chi connectivity index (χ1n) is 11.0. The molecule has 0 amide bonds. The van der Waals surface area contributed by atoms with Gasteiger partial charge in [-0.2, -0.15) is 0 Å². The molecule has 1 aromatic carbocycles. The summed E-state index contributed by atoms with van der Waals surface area (Å²) >= 11 is 0. The van der Waals surface area contributed by atoms with E-state index in [1.54, 1.807) is 0 Å². The molecule has 1 N–H and O–H groups in total. The van der Waals surface area contributed by atoms with E-state index in [9.17, 15) is 0 Å². The summed E-state index contributed by atoms with van der Waals surface area (Å²) < 4.78 is 0. The third-order valence-electron chi connectivity index (χ3n) is 5.75. The Morgan fingerprint density at radius 3 is 2.36 bits per heavy atom. The molecular weight excluding hydrogens is 366 g/mol. The summed E-state index contributed by atoms with van der Waals surface area (Å²) in [5, 5.41) is 5.10. The molecular formula is C24H38ClN3. The number of hydrogen-bond acceptors (Lipinski definition) is 3. The van der Waals surface area contributed by atoms with Crippen molar-refractivity contribution in [2.45, 2.75) is 70.6 Å². The molecule has 0 fully saturated rings. The van der Waals surface area contributed by atoms with E-state index in [0.717, 1.165) is 18.5 Å². The molecule has 4 heteroatoms. The molecule has 1 aliphatic rings. The maximum Gasteiger partial charge on any atom is 0.0726 e. The lowest BCUT2D eigenvalue weighted by molar-refractivity contribution is 0.389. The highest BCUT2D eigenvalue weighted by Crippen LogP contribution is 2.33. The molecule has 0 saturated heterocycles. The molecule has 0 radical (unpaired) electrons. The molecule has 1 aliphatic carbocycles. The molecule has 28 heavy (non-hydrogen) atoms. The minimum Gasteiger partial charge on any atom is -0.384 e. The van der Waals surface area contributed by atoms with Crippen LogP contribution in [0.5, 0.6) is 0 Å². The predicted molar refractivity (Wildman–Crippen MR) is 125 cm³/mol. The summed E-state index contributed by atoms with van der Waals surface area (Å²) in [6.07, 6.45) is 14.4. The maximum atomic E-state index is 4.94. The molecule has 0 saturated carbocycles. The Labute approximate surface area is 177 Å². The van der Waals surface area contributed by atoms with Gasteiger partial charge >= 0.3 is 0 Å². The number of rotatable bonds is 11. The van der Waals surface area contributed by atoms with Crippen molar-refractivity contribution in [1.82, 2.24) is 9.88 Å². The first kappa shape index (κ1) is 23.0. The molecule has 156 valence electrons. The Balaban J connectivity index is 0.00000280. The first-order chi connectivity index (χ1) is 13.3. The maximum absolute atomic E-state index is 4.94. The summed E-state index contributed by atoms with van der Waals surface area (Å²) in [6, 6.07) is 8.63. The summed E-state index contributed by atoms with van der Waals surface area (Å²) in [6.45, 7) is 2.31. The third kappa shape index (κ3) is 6.63. The summed E-state index contributed by atoms with van der Waals surface area (Å²) in [4.78, 5) is 7.22. The van der Waals surface area contributed by atoms with E-state index >= 15 is 0 Å². The Bertz CT molecular complexity index is 714. The van der Waals surface area contributed by atoms with Crippen LogP contribution in [0.25, 0.3) is 10.9 Å². The highest BCUT2D eigenvalue weighted by Gasteiger charge is 2.17. The van der Waals surface area contributed by atoms with Crippen LogP contribution in [-0.4, -0.2) is 37.1 Å². The van der Waals surface area contributed by atoms with Crippen LogP contribution in [0.15, 0.2) is 24.3 Å². The van der Waals surface area contributed by atoms with Crippen LogP contribution in [0.2, 0.25) is 0 Å². The molecule has 2 aromatic rings. The van der Waals surface area contributed by atoms with Crippen LogP contribution in [0.4, 0.5) is 5.69 Å². The van der Waals surface area contributed by atoms with Gasteiger partial charge in [-0.1, -0.05) is 50.3 Å². The van der Waals surface area contributed by atoms with Crippen LogP contribution in [0.3, 0.4) is 0 Å². The Morgan fingerprint density at radius 2 is 1.57 bits per heavy atom. The van der Waals surface area contributed by atoms with E-state index < -0.39 is 0 Å². The average molecular weight is 404 g/mol. The molecule has 0 atom stereocenters. The summed E-state index contributed by atoms with van der Waals surface area (Å²) in [5.41, 5.74) is 5.35. The number of hydrogen-bond donors (Lipinski definition) is 1. The van der Waals surface area contributed by atoms with Crippen LogP contribution < -0.4 is 5.32 Å². The lowest BCUT2D eigenvalue weighted by atomic mass is 9.92. The van der Waals surface area contributed by atoms with Gasteiger partial charge < -0.3 is 10.2 Å². The Hall–Kier alpha value is -1.32. The van der Waals surface area contributed by atoms with Crippen LogP contribution >= 0.6 is 12.4 Å². The van der Waals surface area contributed by atoms with Gasteiger partial charge in [-0.15, -0.1) is 12.4 Å². The highest BCUT2D eigenvalue weighted by atomic mass is 35.5. The summed E-state index contributed by atoms with van der Waals surface area (Å²) in [5.74, 6) is 0. The molecule has 1 heterocycles. The van der Waals surface area contributed by atoms with Gasteiger partial charge in [-0.25, -0.2) is 0 Å². The van der Waals surface area contributed by atoms with E-state index in [1.807, 2.05) is 0 Å². The van der Waals surface area contributed by atoms with Crippen molar-refractivity contribution in [3.05, 3.63) is 35.5 Å². The standard InChI is InChI=1S/C24H37N3.ClH/c1-27(2)19-13-7-5-3-4-6-12-18-25-24-20-14-8-10-16-22(20)26-23-17-11-9-15-21(23)24;/h8,10,14,16H,3-7,9,11-13,15,17-19H2,1-2H3,(H,25,26);1H. The van der Waals surface area contributed by atoms with Crippen LogP contribution in [0.1, 0.15) is 69.0 Å². The minimum absolute atomic E-state index is 0. The predicted octanol–water partition coefficient (Wildman–Crippen LogP) is 6.24. The van der Waals surface area contributed by atoms with E-state index in [4.69, 9.17) is 4.98 Å². The number of pyridine rings is 1. The zero-order chi connectivity index (χ0) is 18.9. The normalized spacial score (nSPS) is 13.4. The monoisotopic (exact) mass is 403 g/mol. The number of aryl methyl sites for hydroxylation is 1. The molecule has 0 unspecified atom stereocenters. The number of aromatic nitrogens is 1. The molecule has 0 aliphatic heterocycles. The van der Waals surface area contributed by atoms with Crippen molar-refractivity contribution in [3.8, 4) is 0 Å². The fourth-order valence-corrected chi connectivity index (χ4v) is 4.22. The van der Waals surface area contributed by atoms with E-state index in [2.05, 4.69) is 48.6 Å². The number of benzene rings is 1. The van der Waals surface area contributed by atoms with E-state index in [-0.39, 0.29) is 12.4 Å².